The molecule has 1 aliphatic heterocycles. The van der Waals surface area contributed by atoms with E-state index in [1.165, 1.54) is 33.3 Å². The Morgan fingerprint density at radius 3 is 2.79 bits per heavy atom. The van der Waals surface area contributed by atoms with Crippen LogP contribution in [0.15, 0.2) is 36.9 Å². The monoisotopic (exact) mass is 318 g/mol. The van der Waals surface area contributed by atoms with Crippen LogP contribution in [-0.2, 0) is 13.0 Å². The van der Waals surface area contributed by atoms with Gasteiger partial charge in [0.05, 0.1) is 5.52 Å². The Morgan fingerprint density at radius 2 is 2.00 bits per heavy atom. The largest absolute Gasteiger partial charge is 0.320 e. The third kappa shape index (κ3) is 2.53. The maximum absolute atomic E-state index is 4.14. The standard InChI is InChI=1S/C20H22N4/c1-14-4-5-19-17(8-14)18-12-23(3)7-6-20(18)24(19)11-15(2)16-9-21-13-22-10-16/h4-5,8-11,13H,6-7,12H2,1-3H3. The lowest BCUT2D eigenvalue weighted by Crippen LogP contribution is -2.26. The molecule has 0 atom stereocenters. The van der Waals surface area contributed by atoms with Crippen molar-refractivity contribution in [2.45, 2.75) is 26.8 Å². The number of hydrogen-bond donors (Lipinski definition) is 0. The van der Waals surface area contributed by atoms with Crippen LogP contribution in [0.1, 0.15) is 29.3 Å². The third-order valence-corrected chi connectivity index (χ3v) is 4.87. The SMILES string of the molecule is CC(=Cn1c2c(c3cc(C)ccc31)CN(C)CC2)c1cncnc1. The summed E-state index contributed by atoms with van der Waals surface area (Å²) in [6.45, 7) is 6.41. The Morgan fingerprint density at radius 1 is 1.21 bits per heavy atom. The van der Waals surface area contributed by atoms with Gasteiger partial charge in [-0.3, -0.25) is 0 Å². The third-order valence-electron chi connectivity index (χ3n) is 4.87. The molecule has 0 saturated carbocycles. The molecule has 4 heteroatoms. The van der Waals surface area contributed by atoms with Gasteiger partial charge in [0, 0.05) is 54.7 Å². The van der Waals surface area contributed by atoms with E-state index < -0.39 is 0 Å². The predicted molar refractivity (Wildman–Crippen MR) is 98.6 cm³/mol. The first-order valence-corrected chi connectivity index (χ1v) is 8.38. The molecule has 4 nitrogen and oxygen atoms in total. The average Bonchev–Trinajstić information content (AvgIpc) is 2.88. The molecule has 1 aliphatic rings. The van der Waals surface area contributed by atoms with Crippen LogP contribution in [0.4, 0.5) is 0 Å². The second kappa shape index (κ2) is 5.87. The summed E-state index contributed by atoms with van der Waals surface area (Å²) in [6.07, 6.45) is 8.63. The molecule has 0 N–H and O–H groups in total. The van der Waals surface area contributed by atoms with Crippen molar-refractivity contribution in [3.05, 3.63) is 59.3 Å². The zero-order chi connectivity index (χ0) is 16.7. The maximum atomic E-state index is 4.14. The summed E-state index contributed by atoms with van der Waals surface area (Å²) >= 11 is 0. The molecule has 1 aromatic carbocycles. The number of hydrogen-bond acceptors (Lipinski definition) is 3. The van der Waals surface area contributed by atoms with Gasteiger partial charge in [-0.1, -0.05) is 11.6 Å². The van der Waals surface area contributed by atoms with E-state index in [-0.39, 0.29) is 0 Å². The Balaban J connectivity index is 1.92. The van der Waals surface area contributed by atoms with Gasteiger partial charge in [0.2, 0.25) is 0 Å². The molecule has 0 radical (unpaired) electrons. The van der Waals surface area contributed by atoms with E-state index in [0.717, 1.165) is 25.1 Å². The highest BCUT2D eigenvalue weighted by Gasteiger charge is 2.21. The molecule has 122 valence electrons. The van der Waals surface area contributed by atoms with Crippen molar-refractivity contribution in [1.29, 1.82) is 0 Å². The summed E-state index contributed by atoms with van der Waals surface area (Å²) in [5.74, 6) is 0. The minimum absolute atomic E-state index is 1.02. The number of aromatic nitrogens is 3. The first kappa shape index (κ1) is 15.1. The highest BCUT2D eigenvalue weighted by atomic mass is 15.1. The second-order valence-corrected chi connectivity index (χ2v) is 6.74. The molecule has 0 unspecified atom stereocenters. The Labute approximate surface area is 142 Å². The quantitative estimate of drug-likeness (QED) is 0.722. The lowest BCUT2D eigenvalue weighted by atomic mass is 10.0. The van der Waals surface area contributed by atoms with Gasteiger partial charge in [-0.15, -0.1) is 0 Å². The van der Waals surface area contributed by atoms with Gasteiger partial charge < -0.3 is 9.47 Å². The fraction of sp³-hybridized carbons (Fsp3) is 0.300. The van der Waals surface area contributed by atoms with Crippen molar-refractivity contribution < 1.29 is 0 Å². The van der Waals surface area contributed by atoms with Crippen molar-refractivity contribution in [3.63, 3.8) is 0 Å². The van der Waals surface area contributed by atoms with Gasteiger partial charge >= 0.3 is 0 Å². The summed E-state index contributed by atoms with van der Waals surface area (Å²) in [5.41, 5.74) is 7.74. The van der Waals surface area contributed by atoms with Crippen molar-refractivity contribution in [2.24, 2.45) is 0 Å². The number of nitrogens with zero attached hydrogens (tertiary/aromatic N) is 4. The van der Waals surface area contributed by atoms with E-state index in [1.807, 2.05) is 12.4 Å². The van der Waals surface area contributed by atoms with Crippen LogP contribution in [0.25, 0.3) is 22.7 Å². The summed E-state index contributed by atoms with van der Waals surface area (Å²) in [6, 6.07) is 6.76. The van der Waals surface area contributed by atoms with Gasteiger partial charge in [0.15, 0.2) is 0 Å². The van der Waals surface area contributed by atoms with Crippen molar-refractivity contribution in [2.75, 3.05) is 13.6 Å². The van der Waals surface area contributed by atoms with E-state index >= 15 is 0 Å². The number of allylic oxidation sites excluding steroid dienone is 1. The molecule has 0 saturated heterocycles. The fourth-order valence-electron chi connectivity index (χ4n) is 3.56. The topological polar surface area (TPSA) is 34.0 Å². The first-order chi connectivity index (χ1) is 11.6. The molecular formula is C20H22N4. The van der Waals surface area contributed by atoms with Gasteiger partial charge in [-0.05, 0) is 44.2 Å². The molecule has 0 aliphatic carbocycles. The van der Waals surface area contributed by atoms with Gasteiger partial charge in [0.25, 0.3) is 0 Å². The molecule has 0 fully saturated rings. The second-order valence-electron chi connectivity index (χ2n) is 6.74. The molecule has 0 amide bonds. The van der Waals surface area contributed by atoms with Gasteiger partial charge in [-0.2, -0.15) is 0 Å². The van der Waals surface area contributed by atoms with Crippen molar-refractivity contribution >= 4 is 22.7 Å². The lowest BCUT2D eigenvalue weighted by Gasteiger charge is -2.23. The Bertz CT molecular complexity index is 922. The fourth-order valence-corrected chi connectivity index (χ4v) is 3.56. The van der Waals surface area contributed by atoms with Crippen molar-refractivity contribution in [3.8, 4) is 0 Å². The van der Waals surface area contributed by atoms with E-state index in [2.05, 4.69) is 64.7 Å². The summed E-state index contributed by atoms with van der Waals surface area (Å²) in [7, 11) is 2.20. The van der Waals surface area contributed by atoms with Gasteiger partial charge in [-0.25, -0.2) is 9.97 Å². The number of fused-ring (bicyclic) bond motifs is 3. The van der Waals surface area contributed by atoms with E-state index in [0.29, 0.717) is 0 Å². The molecule has 0 spiro atoms. The van der Waals surface area contributed by atoms with Crippen LogP contribution in [0.2, 0.25) is 0 Å². The predicted octanol–water partition coefficient (Wildman–Crippen LogP) is 3.75. The highest BCUT2D eigenvalue weighted by molar-refractivity contribution is 5.90. The van der Waals surface area contributed by atoms with Crippen LogP contribution in [-0.4, -0.2) is 33.0 Å². The maximum Gasteiger partial charge on any atom is 0.115 e. The molecule has 24 heavy (non-hydrogen) atoms. The van der Waals surface area contributed by atoms with Crippen LogP contribution < -0.4 is 0 Å². The Kier molecular flexibility index (Phi) is 3.69. The minimum Gasteiger partial charge on any atom is -0.320 e. The molecule has 2 aromatic heterocycles. The van der Waals surface area contributed by atoms with Gasteiger partial charge in [0.1, 0.15) is 6.33 Å². The summed E-state index contributed by atoms with van der Waals surface area (Å²) < 4.78 is 2.37. The normalized spacial score (nSPS) is 15.7. The zero-order valence-electron chi connectivity index (χ0n) is 14.5. The molecule has 4 rings (SSSR count). The van der Waals surface area contributed by atoms with Crippen LogP contribution in [0.5, 0.6) is 0 Å². The zero-order valence-corrected chi connectivity index (χ0v) is 14.5. The number of rotatable bonds is 2. The summed E-state index contributed by atoms with van der Waals surface area (Å²) in [4.78, 5) is 10.7. The smallest absolute Gasteiger partial charge is 0.115 e. The van der Waals surface area contributed by atoms with E-state index in [4.69, 9.17) is 0 Å². The number of benzene rings is 1. The van der Waals surface area contributed by atoms with Crippen LogP contribution in [0, 0.1) is 6.92 Å². The van der Waals surface area contributed by atoms with Crippen LogP contribution >= 0.6 is 0 Å². The summed E-state index contributed by atoms with van der Waals surface area (Å²) in [5, 5.41) is 1.38. The lowest BCUT2D eigenvalue weighted by molar-refractivity contribution is 0.312. The average molecular weight is 318 g/mol. The molecule has 0 bridgehead atoms. The molecule has 3 heterocycles. The van der Waals surface area contributed by atoms with Crippen molar-refractivity contribution in [1.82, 2.24) is 19.4 Å². The first-order valence-electron chi connectivity index (χ1n) is 8.38. The molecule has 3 aromatic rings. The van der Waals surface area contributed by atoms with Crippen LogP contribution in [0.3, 0.4) is 0 Å². The highest BCUT2D eigenvalue weighted by Crippen LogP contribution is 2.32. The Hall–Kier alpha value is -2.46. The van der Waals surface area contributed by atoms with E-state index in [9.17, 15) is 0 Å². The number of aryl methyl sites for hydroxylation is 1. The number of likely N-dealkylation sites (N-methyl/N-ethyl adjacent to an activating group) is 1. The minimum atomic E-state index is 1.02. The molecular weight excluding hydrogens is 296 g/mol. The van der Waals surface area contributed by atoms with E-state index in [1.54, 1.807) is 6.33 Å².